The van der Waals surface area contributed by atoms with Crippen LogP contribution in [0.4, 0.5) is 0 Å². The zero-order valence-electron chi connectivity index (χ0n) is 12.7. The van der Waals surface area contributed by atoms with Crippen molar-refractivity contribution in [2.75, 3.05) is 25.7 Å². The van der Waals surface area contributed by atoms with Crippen LogP contribution in [0.5, 0.6) is 0 Å². The Morgan fingerprint density at radius 3 is 2.35 bits per heavy atom. The molecule has 1 fully saturated rings. The van der Waals surface area contributed by atoms with E-state index in [-0.39, 0.29) is 11.9 Å². The molecule has 1 rings (SSSR count). The van der Waals surface area contributed by atoms with Crippen LogP contribution < -0.4 is 0 Å². The normalized spacial score (nSPS) is 17.1. The van der Waals surface area contributed by atoms with Gasteiger partial charge in [0.05, 0.1) is 12.9 Å². The quantitative estimate of drug-likeness (QED) is 0.559. The van der Waals surface area contributed by atoms with E-state index in [1.54, 1.807) is 0 Å². The van der Waals surface area contributed by atoms with Gasteiger partial charge in [-0.2, -0.15) is 0 Å². The van der Waals surface area contributed by atoms with Gasteiger partial charge in [0, 0.05) is 25.3 Å². The van der Waals surface area contributed by atoms with Gasteiger partial charge in [-0.15, -0.1) is 11.8 Å². The summed E-state index contributed by atoms with van der Waals surface area (Å²) in [4.78, 5) is 25.1. The molecule has 1 aliphatic carbocycles. The molecule has 4 nitrogen and oxygen atoms in total. The third-order valence-electron chi connectivity index (χ3n) is 3.92. The lowest BCUT2D eigenvalue weighted by Gasteiger charge is -2.29. The van der Waals surface area contributed by atoms with Gasteiger partial charge in [0.15, 0.2) is 0 Å². The SMILES string of the molecule is COC(=O)CSCCC(=O)N(C)C1CCCCCCC1. The fourth-order valence-corrected chi connectivity index (χ4v) is 3.32. The largest absolute Gasteiger partial charge is 0.468 e. The van der Waals surface area contributed by atoms with Gasteiger partial charge in [-0.3, -0.25) is 9.59 Å². The molecule has 0 saturated heterocycles. The number of thioether (sulfide) groups is 1. The van der Waals surface area contributed by atoms with E-state index < -0.39 is 0 Å². The molecule has 0 spiro atoms. The Kier molecular flexibility index (Phi) is 8.74. The van der Waals surface area contributed by atoms with Crippen LogP contribution in [0.1, 0.15) is 51.4 Å². The molecule has 0 N–H and O–H groups in total. The monoisotopic (exact) mass is 301 g/mol. The van der Waals surface area contributed by atoms with Gasteiger partial charge in [-0.1, -0.05) is 32.1 Å². The number of hydrogen-bond donors (Lipinski definition) is 0. The van der Waals surface area contributed by atoms with Crippen LogP contribution in [0, 0.1) is 0 Å². The van der Waals surface area contributed by atoms with E-state index in [0.29, 0.717) is 24.0 Å². The number of carbonyl (C=O) groups excluding carboxylic acids is 2. The second kappa shape index (κ2) is 10.1. The molecule has 1 saturated carbocycles. The molecule has 0 unspecified atom stereocenters. The summed E-state index contributed by atoms with van der Waals surface area (Å²) in [7, 11) is 3.32. The highest BCUT2D eigenvalue weighted by Gasteiger charge is 2.20. The molecule has 0 heterocycles. The minimum atomic E-state index is -0.226. The van der Waals surface area contributed by atoms with Gasteiger partial charge in [-0.05, 0) is 12.8 Å². The maximum absolute atomic E-state index is 12.2. The molecular weight excluding hydrogens is 274 g/mol. The maximum atomic E-state index is 12.2. The minimum Gasteiger partial charge on any atom is -0.468 e. The molecule has 0 radical (unpaired) electrons. The van der Waals surface area contributed by atoms with E-state index in [0.717, 1.165) is 12.8 Å². The van der Waals surface area contributed by atoms with E-state index in [2.05, 4.69) is 4.74 Å². The summed E-state index contributed by atoms with van der Waals surface area (Å²) in [5, 5.41) is 0. The Morgan fingerprint density at radius 1 is 1.15 bits per heavy atom. The molecular formula is C15H27NO3S. The van der Waals surface area contributed by atoms with Crippen molar-refractivity contribution in [1.82, 2.24) is 4.90 Å². The van der Waals surface area contributed by atoms with Crippen molar-refractivity contribution in [1.29, 1.82) is 0 Å². The van der Waals surface area contributed by atoms with Crippen molar-refractivity contribution in [2.24, 2.45) is 0 Å². The molecule has 20 heavy (non-hydrogen) atoms. The maximum Gasteiger partial charge on any atom is 0.315 e. The number of rotatable bonds is 6. The van der Waals surface area contributed by atoms with Crippen LogP contribution in [-0.4, -0.2) is 48.5 Å². The molecule has 0 atom stereocenters. The molecule has 1 amide bonds. The van der Waals surface area contributed by atoms with Crippen molar-refractivity contribution in [2.45, 2.75) is 57.4 Å². The van der Waals surface area contributed by atoms with Crippen molar-refractivity contribution < 1.29 is 14.3 Å². The fraction of sp³-hybridized carbons (Fsp3) is 0.867. The summed E-state index contributed by atoms with van der Waals surface area (Å²) < 4.78 is 4.57. The fourth-order valence-electron chi connectivity index (χ4n) is 2.58. The zero-order chi connectivity index (χ0) is 14.8. The summed E-state index contributed by atoms with van der Waals surface area (Å²) in [6, 6.07) is 0.411. The summed E-state index contributed by atoms with van der Waals surface area (Å²) in [6.07, 6.45) is 9.19. The average Bonchev–Trinajstić information content (AvgIpc) is 2.42. The molecule has 0 aliphatic heterocycles. The highest BCUT2D eigenvalue weighted by atomic mass is 32.2. The summed E-state index contributed by atoms with van der Waals surface area (Å²) in [6.45, 7) is 0. The molecule has 0 bridgehead atoms. The lowest BCUT2D eigenvalue weighted by Crippen LogP contribution is -2.37. The Hall–Kier alpha value is -0.710. The Balaban J connectivity index is 2.24. The van der Waals surface area contributed by atoms with Crippen LogP contribution >= 0.6 is 11.8 Å². The summed E-state index contributed by atoms with van der Waals surface area (Å²) >= 11 is 1.46. The summed E-state index contributed by atoms with van der Waals surface area (Å²) in [5.41, 5.74) is 0. The first-order chi connectivity index (χ1) is 9.65. The highest BCUT2D eigenvalue weighted by Crippen LogP contribution is 2.21. The zero-order valence-corrected chi connectivity index (χ0v) is 13.5. The number of hydrogen-bond acceptors (Lipinski definition) is 4. The first kappa shape index (κ1) is 17.3. The Bertz CT molecular complexity index is 301. The first-order valence-electron chi connectivity index (χ1n) is 7.55. The molecule has 0 aromatic carbocycles. The molecule has 0 aromatic heterocycles. The predicted molar refractivity (Wildman–Crippen MR) is 82.8 cm³/mol. The van der Waals surface area contributed by atoms with Gasteiger partial charge in [0.25, 0.3) is 0 Å². The minimum absolute atomic E-state index is 0.202. The number of nitrogens with zero attached hydrogens (tertiary/aromatic N) is 1. The second-order valence-corrected chi connectivity index (χ2v) is 6.49. The van der Waals surface area contributed by atoms with Crippen LogP contribution in [0.3, 0.4) is 0 Å². The molecule has 5 heteroatoms. The summed E-state index contributed by atoms with van der Waals surface area (Å²) in [5.74, 6) is 0.991. The number of methoxy groups -OCH3 is 1. The van der Waals surface area contributed by atoms with Crippen LogP contribution in [-0.2, 0) is 14.3 Å². The standard InChI is InChI=1S/C15H27NO3S/c1-16(13-8-6-4-3-5-7-9-13)14(17)10-11-20-12-15(18)19-2/h13H,3-12H2,1-2H3. The number of ether oxygens (including phenoxy) is 1. The van der Waals surface area contributed by atoms with Crippen molar-refractivity contribution in [3.63, 3.8) is 0 Å². The topological polar surface area (TPSA) is 46.6 Å². The van der Waals surface area contributed by atoms with E-state index in [1.165, 1.54) is 51.0 Å². The van der Waals surface area contributed by atoms with E-state index >= 15 is 0 Å². The lowest BCUT2D eigenvalue weighted by molar-refractivity contribution is -0.137. The number of amides is 1. The third kappa shape index (κ3) is 6.64. The van der Waals surface area contributed by atoms with Gasteiger partial charge in [0.1, 0.15) is 0 Å². The lowest BCUT2D eigenvalue weighted by atomic mass is 9.96. The van der Waals surface area contributed by atoms with E-state index in [4.69, 9.17) is 0 Å². The second-order valence-electron chi connectivity index (χ2n) is 5.38. The highest BCUT2D eigenvalue weighted by molar-refractivity contribution is 7.99. The van der Waals surface area contributed by atoms with Gasteiger partial charge in [-0.25, -0.2) is 0 Å². The van der Waals surface area contributed by atoms with Crippen molar-refractivity contribution in [3.8, 4) is 0 Å². The first-order valence-corrected chi connectivity index (χ1v) is 8.71. The Morgan fingerprint density at radius 2 is 1.75 bits per heavy atom. The van der Waals surface area contributed by atoms with Crippen LogP contribution in [0.25, 0.3) is 0 Å². The van der Waals surface area contributed by atoms with E-state index in [1.807, 2.05) is 11.9 Å². The van der Waals surface area contributed by atoms with Crippen molar-refractivity contribution in [3.05, 3.63) is 0 Å². The molecule has 1 aliphatic rings. The van der Waals surface area contributed by atoms with Crippen molar-refractivity contribution >= 4 is 23.6 Å². The van der Waals surface area contributed by atoms with Crippen LogP contribution in [0.2, 0.25) is 0 Å². The number of esters is 1. The van der Waals surface area contributed by atoms with Gasteiger partial charge < -0.3 is 9.64 Å². The van der Waals surface area contributed by atoms with E-state index in [9.17, 15) is 9.59 Å². The molecule has 0 aromatic rings. The van der Waals surface area contributed by atoms with Crippen LogP contribution in [0.15, 0.2) is 0 Å². The number of carbonyl (C=O) groups is 2. The third-order valence-corrected chi connectivity index (χ3v) is 4.86. The predicted octanol–water partition coefficient (Wildman–Crippen LogP) is 2.85. The molecule has 116 valence electrons. The Labute approximate surface area is 126 Å². The smallest absolute Gasteiger partial charge is 0.315 e. The average molecular weight is 301 g/mol. The van der Waals surface area contributed by atoms with Gasteiger partial charge in [0.2, 0.25) is 5.91 Å². The van der Waals surface area contributed by atoms with Gasteiger partial charge >= 0.3 is 5.97 Å².